The average Bonchev–Trinajstić information content (AvgIpc) is 2.76. The molecule has 3 rings (SSSR count). The third-order valence-corrected chi connectivity index (χ3v) is 4.63. The number of amides is 1. The van der Waals surface area contributed by atoms with Crippen LogP contribution in [0.15, 0.2) is 66.7 Å². The second-order valence-electron chi connectivity index (χ2n) is 7.06. The van der Waals surface area contributed by atoms with Gasteiger partial charge in [-0.2, -0.15) is 0 Å². The van der Waals surface area contributed by atoms with E-state index in [1.165, 1.54) is 0 Å². The molecule has 0 saturated carbocycles. The topological polar surface area (TPSA) is 58.1 Å². The highest BCUT2D eigenvalue weighted by Gasteiger charge is 2.17. The molecule has 0 aliphatic rings. The Morgan fingerprint density at radius 2 is 1.66 bits per heavy atom. The molecule has 5 nitrogen and oxygen atoms in total. The summed E-state index contributed by atoms with van der Waals surface area (Å²) in [5, 5.41) is 2.97. The molecular formula is C24H28N4O. The fraction of sp³-hybridized carbons (Fsp3) is 0.292. The molecular weight excluding hydrogens is 360 g/mol. The first kappa shape index (κ1) is 20.5. The minimum atomic E-state index is -0.152. The SMILES string of the molecule is CCCCCNC(=O)c1cc(C)nc(N(Cc2ccccc2)c2ccccc2)n1. The van der Waals surface area contributed by atoms with E-state index in [1.807, 2.05) is 60.4 Å². The van der Waals surface area contributed by atoms with Gasteiger partial charge in [-0.05, 0) is 37.1 Å². The average molecular weight is 389 g/mol. The van der Waals surface area contributed by atoms with Crippen LogP contribution in [0.25, 0.3) is 0 Å². The molecule has 1 aromatic heterocycles. The van der Waals surface area contributed by atoms with Gasteiger partial charge in [0.2, 0.25) is 5.95 Å². The second-order valence-corrected chi connectivity index (χ2v) is 7.06. The van der Waals surface area contributed by atoms with E-state index in [1.54, 1.807) is 6.07 Å². The second kappa shape index (κ2) is 10.4. The third-order valence-electron chi connectivity index (χ3n) is 4.63. The summed E-state index contributed by atoms with van der Waals surface area (Å²) in [6.45, 7) is 5.32. The molecule has 150 valence electrons. The van der Waals surface area contributed by atoms with Crippen molar-refractivity contribution in [1.29, 1.82) is 0 Å². The zero-order valence-electron chi connectivity index (χ0n) is 17.1. The summed E-state index contributed by atoms with van der Waals surface area (Å²) in [5.41, 5.74) is 3.30. The van der Waals surface area contributed by atoms with Crippen LogP contribution in [0.5, 0.6) is 0 Å². The molecule has 0 radical (unpaired) electrons. The van der Waals surface area contributed by atoms with Gasteiger partial charge in [0, 0.05) is 17.9 Å². The zero-order valence-corrected chi connectivity index (χ0v) is 17.1. The maximum atomic E-state index is 12.6. The lowest BCUT2D eigenvalue weighted by molar-refractivity contribution is 0.0947. The number of aromatic nitrogens is 2. The molecule has 1 heterocycles. The molecule has 0 unspecified atom stereocenters. The predicted octanol–water partition coefficient (Wildman–Crippen LogP) is 5.04. The van der Waals surface area contributed by atoms with Crippen LogP contribution in [-0.4, -0.2) is 22.4 Å². The molecule has 0 fully saturated rings. The molecule has 3 aromatic rings. The zero-order chi connectivity index (χ0) is 20.5. The van der Waals surface area contributed by atoms with Gasteiger partial charge in [-0.3, -0.25) is 4.79 Å². The standard InChI is InChI=1S/C24H28N4O/c1-3-4-11-16-25-23(29)22-17-19(2)26-24(27-22)28(21-14-9-6-10-15-21)18-20-12-7-5-8-13-20/h5-10,12-15,17H,3-4,11,16,18H2,1-2H3,(H,25,29). The van der Waals surface area contributed by atoms with E-state index < -0.39 is 0 Å². The summed E-state index contributed by atoms with van der Waals surface area (Å²) in [6.07, 6.45) is 3.20. The first-order valence-corrected chi connectivity index (χ1v) is 10.2. The molecule has 2 aromatic carbocycles. The van der Waals surface area contributed by atoms with Crippen molar-refractivity contribution in [3.05, 3.63) is 83.7 Å². The molecule has 0 aliphatic carbocycles. The van der Waals surface area contributed by atoms with Crippen LogP contribution >= 0.6 is 0 Å². The Hall–Kier alpha value is -3.21. The van der Waals surface area contributed by atoms with Gasteiger partial charge in [-0.1, -0.05) is 68.3 Å². The van der Waals surface area contributed by atoms with E-state index in [9.17, 15) is 4.79 Å². The van der Waals surface area contributed by atoms with Gasteiger partial charge < -0.3 is 10.2 Å². The van der Waals surface area contributed by atoms with Gasteiger partial charge in [0.05, 0.1) is 6.54 Å². The smallest absolute Gasteiger partial charge is 0.270 e. The first-order valence-electron chi connectivity index (χ1n) is 10.2. The predicted molar refractivity (Wildman–Crippen MR) is 117 cm³/mol. The highest BCUT2D eigenvalue weighted by Crippen LogP contribution is 2.25. The maximum absolute atomic E-state index is 12.6. The third kappa shape index (κ3) is 5.88. The normalized spacial score (nSPS) is 10.6. The molecule has 1 amide bonds. The molecule has 0 bridgehead atoms. The lowest BCUT2D eigenvalue weighted by Gasteiger charge is -2.23. The Labute approximate surface area is 172 Å². The molecule has 1 N–H and O–H groups in total. The number of nitrogens with one attached hydrogen (secondary N) is 1. The summed E-state index contributed by atoms with van der Waals surface area (Å²) in [4.78, 5) is 23.9. The summed E-state index contributed by atoms with van der Waals surface area (Å²) in [5.74, 6) is 0.374. The number of carbonyl (C=O) groups excluding carboxylic acids is 1. The number of anilines is 2. The van der Waals surface area contributed by atoms with Crippen molar-refractivity contribution in [3.8, 4) is 0 Å². The number of unbranched alkanes of at least 4 members (excludes halogenated alkanes) is 2. The highest BCUT2D eigenvalue weighted by molar-refractivity contribution is 5.92. The fourth-order valence-electron chi connectivity index (χ4n) is 3.11. The van der Waals surface area contributed by atoms with Crippen LogP contribution in [0, 0.1) is 6.92 Å². The van der Waals surface area contributed by atoms with Gasteiger partial charge in [0.15, 0.2) is 0 Å². The van der Waals surface area contributed by atoms with Crippen molar-refractivity contribution >= 4 is 17.5 Å². The quantitative estimate of drug-likeness (QED) is 0.522. The van der Waals surface area contributed by atoms with Crippen molar-refractivity contribution in [3.63, 3.8) is 0 Å². The molecule has 0 saturated heterocycles. The van der Waals surface area contributed by atoms with E-state index in [-0.39, 0.29) is 5.91 Å². The van der Waals surface area contributed by atoms with Crippen LogP contribution in [0.1, 0.15) is 47.9 Å². The minimum Gasteiger partial charge on any atom is -0.351 e. The van der Waals surface area contributed by atoms with Crippen molar-refractivity contribution in [1.82, 2.24) is 15.3 Å². The van der Waals surface area contributed by atoms with Gasteiger partial charge in [-0.15, -0.1) is 0 Å². The van der Waals surface area contributed by atoms with Gasteiger partial charge in [0.1, 0.15) is 5.69 Å². The Morgan fingerprint density at radius 3 is 2.34 bits per heavy atom. The Balaban J connectivity index is 1.89. The molecule has 5 heteroatoms. The van der Waals surface area contributed by atoms with Crippen LogP contribution < -0.4 is 10.2 Å². The number of hydrogen-bond donors (Lipinski definition) is 1. The van der Waals surface area contributed by atoms with Gasteiger partial charge in [0.25, 0.3) is 5.91 Å². The van der Waals surface area contributed by atoms with Crippen LogP contribution in [-0.2, 0) is 6.54 Å². The van der Waals surface area contributed by atoms with Crippen molar-refractivity contribution in [2.75, 3.05) is 11.4 Å². The highest BCUT2D eigenvalue weighted by atomic mass is 16.1. The van der Waals surface area contributed by atoms with Crippen molar-refractivity contribution in [2.24, 2.45) is 0 Å². The minimum absolute atomic E-state index is 0.152. The summed E-state index contributed by atoms with van der Waals surface area (Å²) < 4.78 is 0. The molecule has 0 aliphatic heterocycles. The number of carbonyl (C=O) groups is 1. The molecule has 0 atom stereocenters. The lowest BCUT2D eigenvalue weighted by atomic mass is 10.2. The van der Waals surface area contributed by atoms with Gasteiger partial charge >= 0.3 is 0 Å². The van der Waals surface area contributed by atoms with E-state index in [0.717, 1.165) is 36.2 Å². The molecule has 0 spiro atoms. The Kier molecular flexibility index (Phi) is 7.34. The van der Waals surface area contributed by atoms with Crippen molar-refractivity contribution in [2.45, 2.75) is 39.7 Å². The fourth-order valence-corrected chi connectivity index (χ4v) is 3.11. The van der Waals surface area contributed by atoms with E-state index >= 15 is 0 Å². The number of benzene rings is 2. The Morgan fingerprint density at radius 1 is 0.966 bits per heavy atom. The van der Waals surface area contributed by atoms with E-state index in [2.05, 4.69) is 34.3 Å². The number of aryl methyl sites for hydroxylation is 1. The van der Waals surface area contributed by atoms with E-state index in [4.69, 9.17) is 0 Å². The number of rotatable bonds is 9. The van der Waals surface area contributed by atoms with Crippen molar-refractivity contribution < 1.29 is 4.79 Å². The summed E-state index contributed by atoms with van der Waals surface area (Å²) >= 11 is 0. The van der Waals surface area contributed by atoms with Crippen LogP contribution in [0.4, 0.5) is 11.6 Å². The summed E-state index contributed by atoms with van der Waals surface area (Å²) in [6, 6.07) is 21.9. The maximum Gasteiger partial charge on any atom is 0.270 e. The van der Waals surface area contributed by atoms with Gasteiger partial charge in [-0.25, -0.2) is 9.97 Å². The first-order chi connectivity index (χ1) is 14.2. The van der Waals surface area contributed by atoms with E-state index in [0.29, 0.717) is 24.7 Å². The number of hydrogen-bond acceptors (Lipinski definition) is 4. The lowest BCUT2D eigenvalue weighted by Crippen LogP contribution is -2.27. The Bertz CT molecular complexity index is 913. The molecule has 29 heavy (non-hydrogen) atoms. The number of para-hydroxylation sites is 1. The van der Waals surface area contributed by atoms with Crippen LogP contribution in [0.2, 0.25) is 0 Å². The number of nitrogens with zero attached hydrogens (tertiary/aromatic N) is 3. The van der Waals surface area contributed by atoms with Crippen LogP contribution in [0.3, 0.4) is 0 Å². The monoisotopic (exact) mass is 388 g/mol. The largest absolute Gasteiger partial charge is 0.351 e. The summed E-state index contributed by atoms with van der Waals surface area (Å²) in [7, 11) is 0.